The van der Waals surface area contributed by atoms with E-state index in [1.165, 1.54) is 43.8 Å². The molecule has 278 valence electrons. The molecule has 0 saturated heterocycles. The van der Waals surface area contributed by atoms with Gasteiger partial charge in [-0.25, -0.2) is 0 Å². The summed E-state index contributed by atoms with van der Waals surface area (Å²) in [6, 6.07) is 73.5. The molecule has 2 heteroatoms. The summed E-state index contributed by atoms with van der Waals surface area (Å²) in [6.07, 6.45) is 4.53. The number of ether oxygens (including phenoxy) is 2. The van der Waals surface area contributed by atoms with E-state index in [1.807, 2.05) is 24.3 Å². The molecule has 58 heavy (non-hydrogen) atoms. The molecule has 0 radical (unpaired) electrons. The van der Waals surface area contributed by atoms with Gasteiger partial charge in [-0.1, -0.05) is 182 Å². The molecule has 0 bridgehead atoms. The van der Waals surface area contributed by atoms with Crippen LogP contribution in [0.5, 0.6) is 11.5 Å². The summed E-state index contributed by atoms with van der Waals surface area (Å²) in [5.41, 5.74) is 14.0. The molecule has 0 spiro atoms. The van der Waals surface area contributed by atoms with Gasteiger partial charge in [-0.3, -0.25) is 0 Å². The lowest BCUT2D eigenvalue weighted by Gasteiger charge is -2.18. The molecule has 9 aromatic rings. The summed E-state index contributed by atoms with van der Waals surface area (Å²) < 4.78 is 11.0. The number of rotatable bonds is 10. The number of fused-ring (bicyclic) bond motifs is 2. The highest BCUT2D eigenvalue weighted by atomic mass is 16.5. The number of benzene rings is 9. The van der Waals surface area contributed by atoms with Gasteiger partial charge >= 0.3 is 0 Å². The van der Waals surface area contributed by atoms with Gasteiger partial charge in [-0.15, -0.1) is 0 Å². The monoisotopic (exact) mass is 746 g/mol. The van der Waals surface area contributed by atoms with E-state index in [9.17, 15) is 0 Å². The zero-order chi connectivity index (χ0) is 39.3. The fraction of sp³-hybridized carbons (Fsp3) is 0.0357. The molecule has 9 aromatic carbocycles. The predicted molar refractivity (Wildman–Crippen MR) is 245 cm³/mol. The minimum atomic E-state index is 0.842. The Balaban J connectivity index is 1.14. The van der Waals surface area contributed by atoms with E-state index in [4.69, 9.17) is 9.47 Å². The summed E-state index contributed by atoms with van der Waals surface area (Å²) in [7, 11) is 3.41. The van der Waals surface area contributed by atoms with Crippen molar-refractivity contribution in [2.45, 2.75) is 0 Å². The van der Waals surface area contributed by atoms with E-state index < -0.39 is 0 Å². The molecule has 0 aliphatic heterocycles. The van der Waals surface area contributed by atoms with Crippen LogP contribution in [0.2, 0.25) is 0 Å². The molecule has 0 aliphatic carbocycles. The second kappa shape index (κ2) is 16.4. The molecule has 0 N–H and O–H groups in total. The van der Waals surface area contributed by atoms with E-state index in [0.29, 0.717) is 0 Å². The van der Waals surface area contributed by atoms with Crippen LogP contribution in [-0.4, -0.2) is 14.2 Å². The van der Waals surface area contributed by atoms with Crippen molar-refractivity contribution in [3.8, 4) is 33.8 Å². The van der Waals surface area contributed by atoms with Crippen molar-refractivity contribution in [2.24, 2.45) is 0 Å². The van der Waals surface area contributed by atoms with Gasteiger partial charge in [0.15, 0.2) is 0 Å². The van der Waals surface area contributed by atoms with Gasteiger partial charge < -0.3 is 9.47 Å². The molecule has 2 nitrogen and oxygen atoms in total. The molecule has 0 unspecified atom stereocenters. The normalized spacial score (nSPS) is 11.8. The molecule has 0 aliphatic rings. The zero-order valence-electron chi connectivity index (χ0n) is 32.6. The first-order chi connectivity index (χ1) is 28.7. The molecule has 0 fully saturated rings. The zero-order valence-corrected chi connectivity index (χ0v) is 32.6. The van der Waals surface area contributed by atoms with Gasteiger partial charge in [0.2, 0.25) is 0 Å². The van der Waals surface area contributed by atoms with Gasteiger partial charge in [0.05, 0.1) is 14.2 Å². The second-order valence-electron chi connectivity index (χ2n) is 14.4. The van der Waals surface area contributed by atoms with Crippen molar-refractivity contribution >= 4 is 44.8 Å². The number of hydrogen-bond donors (Lipinski definition) is 0. The highest BCUT2D eigenvalue weighted by Crippen LogP contribution is 2.44. The third-order valence-corrected chi connectivity index (χ3v) is 10.9. The maximum absolute atomic E-state index is 5.48. The maximum atomic E-state index is 5.48. The van der Waals surface area contributed by atoms with Crippen LogP contribution < -0.4 is 9.47 Å². The first-order valence-electron chi connectivity index (χ1n) is 19.6. The number of methoxy groups -OCH3 is 2. The Labute approximate surface area is 340 Å². The number of hydrogen-bond acceptors (Lipinski definition) is 2. The molecule has 0 aromatic heterocycles. The summed E-state index contributed by atoms with van der Waals surface area (Å²) >= 11 is 0. The lowest BCUT2D eigenvalue weighted by atomic mass is 9.85. The Bertz CT molecular complexity index is 2630. The van der Waals surface area contributed by atoms with Crippen LogP contribution in [0.3, 0.4) is 0 Å². The predicted octanol–water partition coefficient (Wildman–Crippen LogP) is 14.5. The molecule has 0 atom stereocenters. The third-order valence-electron chi connectivity index (χ3n) is 10.9. The lowest BCUT2D eigenvalue weighted by Crippen LogP contribution is -1.93. The van der Waals surface area contributed by atoms with E-state index in [0.717, 1.165) is 56.0 Å². The average Bonchev–Trinajstić information content (AvgIpc) is 3.30. The van der Waals surface area contributed by atoms with E-state index in [2.05, 4.69) is 194 Å². The van der Waals surface area contributed by atoms with E-state index >= 15 is 0 Å². The highest BCUT2D eigenvalue weighted by molar-refractivity contribution is 6.21. The fourth-order valence-corrected chi connectivity index (χ4v) is 8.02. The van der Waals surface area contributed by atoms with Crippen molar-refractivity contribution in [3.05, 3.63) is 240 Å². The van der Waals surface area contributed by atoms with Crippen molar-refractivity contribution in [1.82, 2.24) is 0 Å². The summed E-state index contributed by atoms with van der Waals surface area (Å²) in [5, 5.41) is 4.91. The standard InChI is InChI=1S/C56H42O2/c1-57-47-33-29-43(30-34-47)53(37-39-13-5-3-6-14-39)41-21-25-45(26-22-41)55-49-17-9-11-19-51(49)56(52-20-12-10-18-50(52)55)46-27-23-42(24-28-46)54(38-40-15-7-4-8-16-40)44-31-35-48(58-2)36-32-44/h3-38H,1-2H3. The van der Waals surface area contributed by atoms with Crippen LogP contribution in [0.15, 0.2) is 206 Å². The van der Waals surface area contributed by atoms with Gasteiger partial charge in [-0.2, -0.15) is 0 Å². The quantitative estimate of drug-likeness (QED) is 0.102. The first kappa shape index (κ1) is 36.2. The Morgan fingerprint density at radius 2 is 0.586 bits per heavy atom. The van der Waals surface area contributed by atoms with Crippen molar-refractivity contribution in [2.75, 3.05) is 14.2 Å². The summed E-state index contributed by atoms with van der Waals surface area (Å²) in [5.74, 6) is 1.68. The van der Waals surface area contributed by atoms with Crippen LogP contribution in [0.4, 0.5) is 0 Å². The fourth-order valence-electron chi connectivity index (χ4n) is 8.02. The Hall–Kier alpha value is -7.42. The Morgan fingerprint density at radius 3 is 0.879 bits per heavy atom. The maximum Gasteiger partial charge on any atom is 0.118 e. The highest BCUT2D eigenvalue weighted by Gasteiger charge is 2.18. The largest absolute Gasteiger partial charge is 0.497 e. The van der Waals surface area contributed by atoms with Gasteiger partial charge in [0, 0.05) is 0 Å². The van der Waals surface area contributed by atoms with E-state index in [1.54, 1.807) is 14.2 Å². The molecule has 9 rings (SSSR count). The van der Waals surface area contributed by atoms with Crippen LogP contribution in [-0.2, 0) is 0 Å². The molecule has 0 heterocycles. The molecule has 0 amide bonds. The molecular weight excluding hydrogens is 705 g/mol. The molecule has 0 saturated carbocycles. The van der Waals surface area contributed by atoms with Crippen molar-refractivity contribution < 1.29 is 9.47 Å². The molecular formula is C56H42O2. The van der Waals surface area contributed by atoms with Crippen molar-refractivity contribution in [1.29, 1.82) is 0 Å². The second-order valence-corrected chi connectivity index (χ2v) is 14.4. The van der Waals surface area contributed by atoms with Gasteiger partial charge in [0.25, 0.3) is 0 Å². The summed E-state index contributed by atoms with van der Waals surface area (Å²) in [4.78, 5) is 0. The van der Waals surface area contributed by atoms with Crippen LogP contribution in [0, 0.1) is 0 Å². The van der Waals surface area contributed by atoms with Gasteiger partial charge in [-0.05, 0) is 125 Å². The Morgan fingerprint density at radius 1 is 0.310 bits per heavy atom. The van der Waals surface area contributed by atoms with Crippen molar-refractivity contribution in [3.63, 3.8) is 0 Å². The minimum Gasteiger partial charge on any atom is -0.497 e. The minimum absolute atomic E-state index is 0.842. The Kier molecular flexibility index (Phi) is 10.2. The topological polar surface area (TPSA) is 18.5 Å². The lowest BCUT2D eigenvalue weighted by molar-refractivity contribution is 0.414. The first-order valence-corrected chi connectivity index (χ1v) is 19.6. The van der Waals surface area contributed by atoms with Crippen LogP contribution >= 0.6 is 0 Å². The smallest absolute Gasteiger partial charge is 0.118 e. The van der Waals surface area contributed by atoms with E-state index in [-0.39, 0.29) is 0 Å². The third kappa shape index (κ3) is 7.32. The summed E-state index contributed by atoms with van der Waals surface area (Å²) in [6.45, 7) is 0. The van der Waals surface area contributed by atoms with Crippen LogP contribution in [0.1, 0.15) is 33.4 Å². The SMILES string of the molecule is COc1ccc(C(=Cc2ccccc2)c2ccc(-c3c4ccccc4c(-c4ccc(C(=Cc5ccccc5)c5ccc(OC)cc5)cc4)c4ccccc34)cc2)cc1. The van der Waals surface area contributed by atoms with Gasteiger partial charge in [0.1, 0.15) is 11.5 Å². The average molecular weight is 747 g/mol. The van der Waals surface area contributed by atoms with Crippen LogP contribution in [0.25, 0.3) is 67.1 Å².